The molecule has 28 heavy (non-hydrogen) atoms. The number of nitrogens with one attached hydrogen (secondary N) is 1. The Morgan fingerprint density at radius 1 is 1.21 bits per heavy atom. The minimum absolute atomic E-state index is 0.693. The number of halogens is 3. The Labute approximate surface area is 175 Å². The Morgan fingerprint density at radius 3 is 2.50 bits per heavy atom. The van der Waals surface area contributed by atoms with Gasteiger partial charge in [-0.15, -0.1) is 0 Å². The van der Waals surface area contributed by atoms with E-state index in [0.717, 1.165) is 41.3 Å². The van der Waals surface area contributed by atoms with Gasteiger partial charge in [-0.05, 0) is 53.6 Å². The number of nitrogens with two attached hydrogens (primary N) is 2. The first-order chi connectivity index (χ1) is 13.5. The van der Waals surface area contributed by atoms with Gasteiger partial charge in [-0.2, -0.15) is 0 Å². The van der Waals surface area contributed by atoms with Crippen LogP contribution >= 0.6 is 15.9 Å². The van der Waals surface area contributed by atoms with E-state index in [9.17, 15) is 0 Å². The molecule has 0 aromatic heterocycles. The third-order valence-corrected chi connectivity index (χ3v) is 5.26. The van der Waals surface area contributed by atoms with Crippen LogP contribution in [0.4, 0.5) is 9.15 Å². The number of aryl methyl sites for hydroxylation is 1. The molecule has 3 rings (SSSR count). The predicted octanol–water partition coefficient (Wildman–Crippen LogP) is 5.27. The summed E-state index contributed by atoms with van der Waals surface area (Å²) < 4.78 is 16.9. The summed E-state index contributed by atoms with van der Waals surface area (Å²) in [6.07, 6.45) is 7.59. The summed E-state index contributed by atoms with van der Waals surface area (Å²) in [5, 5.41) is 5.28. The zero-order valence-electron chi connectivity index (χ0n) is 16.8. The lowest BCUT2D eigenvalue weighted by Crippen LogP contribution is -2.34. The molecule has 0 spiro atoms. The summed E-state index contributed by atoms with van der Waals surface area (Å²) >= 11 is 3.65. The molecule has 2 aliphatic carbocycles. The molecule has 0 radical (unpaired) electrons. The first-order valence-electron chi connectivity index (χ1n) is 9.57. The van der Waals surface area contributed by atoms with E-state index in [1.165, 1.54) is 24.0 Å². The first-order valence-corrected chi connectivity index (χ1v) is 10.4. The van der Waals surface area contributed by atoms with Gasteiger partial charge in [-0.1, -0.05) is 55.8 Å². The quantitative estimate of drug-likeness (QED) is 0.402. The second kappa shape index (κ2) is 12.6. The summed E-state index contributed by atoms with van der Waals surface area (Å²) in [4.78, 5) is 0. The number of nitrogens with zero attached hydrogens (tertiary/aromatic N) is 1. The number of rotatable bonds is 6. The lowest BCUT2D eigenvalue weighted by atomic mass is 10.1. The van der Waals surface area contributed by atoms with Crippen molar-refractivity contribution in [2.75, 3.05) is 6.54 Å². The molecule has 2 aliphatic rings. The maximum Gasteiger partial charge on any atom is 0.0727 e. The highest BCUT2D eigenvalue weighted by Crippen LogP contribution is 2.32. The summed E-state index contributed by atoms with van der Waals surface area (Å²) in [5.74, 6) is 6.95. The van der Waals surface area contributed by atoms with Crippen molar-refractivity contribution in [1.82, 2.24) is 10.3 Å². The Kier molecular flexibility index (Phi) is 10.9. The molecule has 0 bridgehead atoms. The van der Waals surface area contributed by atoms with Crippen molar-refractivity contribution in [3.8, 4) is 0 Å². The Balaban J connectivity index is 0.000000921. The molecule has 7 heteroatoms. The third-order valence-electron chi connectivity index (χ3n) is 4.41. The van der Waals surface area contributed by atoms with Gasteiger partial charge in [0.25, 0.3) is 0 Å². The number of hydrogen-bond donors (Lipinski definition) is 3. The minimum Gasteiger partial charge on any atom is -0.396 e. The van der Waals surface area contributed by atoms with E-state index in [2.05, 4.69) is 64.6 Å². The van der Waals surface area contributed by atoms with Crippen molar-refractivity contribution in [1.29, 1.82) is 0 Å². The summed E-state index contributed by atoms with van der Waals surface area (Å²) in [5.41, 5.74) is 11.5. The van der Waals surface area contributed by atoms with Gasteiger partial charge in [0.2, 0.25) is 0 Å². The maximum absolute atomic E-state index is 8.00. The molecule has 0 saturated heterocycles. The SMILES string of the molecule is CC.Cc1cccc(CNC2=CCC=C(N(N)CC3CC3)C(N)=C2Br)c1.FF. The zero-order valence-corrected chi connectivity index (χ0v) is 18.4. The number of hydrazine groups is 1. The van der Waals surface area contributed by atoms with Crippen LogP contribution < -0.4 is 16.9 Å². The number of allylic oxidation sites excluding steroid dienone is 3. The van der Waals surface area contributed by atoms with Gasteiger partial charge in [0.15, 0.2) is 0 Å². The molecule has 0 atom stereocenters. The average molecular weight is 457 g/mol. The third kappa shape index (κ3) is 7.28. The van der Waals surface area contributed by atoms with Crippen LogP contribution in [0, 0.1) is 12.8 Å². The second-order valence-corrected chi connectivity index (χ2v) is 7.40. The average Bonchev–Trinajstić information content (AvgIpc) is 3.54. The van der Waals surface area contributed by atoms with Crippen molar-refractivity contribution in [3.63, 3.8) is 0 Å². The van der Waals surface area contributed by atoms with E-state index in [0.29, 0.717) is 5.70 Å². The molecule has 1 aromatic rings. The topological polar surface area (TPSA) is 67.3 Å². The monoisotopic (exact) mass is 456 g/mol. The van der Waals surface area contributed by atoms with Gasteiger partial charge >= 0.3 is 0 Å². The van der Waals surface area contributed by atoms with Gasteiger partial charge in [0, 0.05) is 27.9 Å². The Bertz CT molecular complexity index is 712. The molecule has 0 aliphatic heterocycles. The summed E-state index contributed by atoms with van der Waals surface area (Å²) in [7, 11) is 0. The molecule has 156 valence electrons. The molecule has 4 nitrogen and oxygen atoms in total. The highest BCUT2D eigenvalue weighted by atomic mass is 79.9. The van der Waals surface area contributed by atoms with Crippen molar-refractivity contribution >= 4 is 15.9 Å². The standard InChI is InChI=1S/C19H25BrN4.C2H6.F2/c1-13-4-2-5-15(10-13)11-23-16-6-3-7-17(19(21)18(16)20)24(22)12-14-8-9-14;2*1-2/h2,4-7,10,14,23H,3,8-9,11-12,21-22H2,1H3;1-2H3;. The molecular formula is C21H31BrF2N4. The molecule has 1 fully saturated rings. The summed E-state index contributed by atoms with van der Waals surface area (Å²) in [6, 6.07) is 8.50. The molecule has 1 aromatic carbocycles. The Hall–Kier alpha value is -1.86. The van der Waals surface area contributed by atoms with Gasteiger partial charge < -0.3 is 16.1 Å². The van der Waals surface area contributed by atoms with Crippen molar-refractivity contribution in [3.05, 3.63) is 69.1 Å². The van der Waals surface area contributed by atoms with Crippen LogP contribution in [0.25, 0.3) is 0 Å². The van der Waals surface area contributed by atoms with Gasteiger partial charge in [-0.25, -0.2) is 5.84 Å². The lowest BCUT2D eigenvalue weighted by molar-refractivity contribution is 0.108. The van der Waals surface area contributed by atoms with Crippen molar-refractivity contribution in [2.24, 2.45) is 17.5 Å². The van der Waals surface area contributed by atoms with E-state index in [-0.39, 0.29) is 0 Å². The molecule has 5 N–H and O–H groups in total. The van der Waals surface area contributed by atoms with Crippen molar-refractivity contribution < 1.29 is 9.15 Å². The number of benzene rings is 1. The van der Waals surface area contributed by atoms with Crippen LogP contribution in [-0.2, 0) is 6.54 Å². The van der Waals surface area contributed by atoms with Crippen LogP contribution in [0.1, 0.15) is 44.2 Å². The molecule has 0 amide bonds. The molecule has 0 heterocycles. The predicted molar refractivity (Wildman–Crippen MR) is 116 cm³/mol. The zero-order chi connectivity index (χ0) is 21.1. The van der Waals surface area contributed by atoms with E-state index in [1.807, 2.05) is 13.8 Å². The molecular weight excluding hydrogens is 426 g/mol. The van der Waals surface area contributed by atoms with E-state index >= 15 is 0 Å². The van der Waals surface area contributed by atoms with Gasteiger partial charge in [0.05, 0.1) is 15.9 Å². The normalized spacial score (nSPS) is 15.8. The highest BCUT2D eigenvalue weighted by molar-refractivity contribution is 9.12. The smallest absolute Gasteiger partial charge is 0.0727 e. The van der Waals surface area contributed by atoms with Gasteiger partial charge in [0.1, 0.15) is 0 Å². The van der Waals surface area contributed by atoms with Crippen LogP contribution in [0.3, 0.4) is 0 Å². The summed E-state index contributed by atoms with van der Waals surface area (Å²) in [6.45, 7) is 7.74. The minimum atomic E-state index is 0.693. The van der Waals surface area contributed by atoms with E-state index in [1.54, 1.807) is 5.01 Å². The van der Waals surface area contributed by atoms with Gasteiger partial charge in [-0.3, -0.25) is 0 Å². The first kappa shape index (κ1) is 24.2. The van der Waals surface area contributed by atoms with Crippen LogP contribution in [0.2, 0.25) is 0 Å². The second-order valence-electron chi connectivity index (χ2n) is 6.61. The van der Waals surface area contributed by atoms with Crippen molar-refractivity contribution in [2.45, 2.75) is 46.6 Å². The Morgan fingerprint density at radius 2 is 1.89 bits per heavy atom. The van der Waals surface area contributed by atoms with E-state index < -0.39 is 0 Å². The van der Waals surface area contributed by atoms with Crippen LogP contribution in [0.5, 0.6) is 0 Å². The van der Waals surface area contributed by atoms with Crippen LogP contribution in [-0.4, -0.2) is 11.6 Å². The fourth-order valence-electron chi connectivity index (χ4n) is 2.86. The van der Waals surface area contributed by atoms with E-state index in [4.69, 9.17) is 20.7 Å². The molecule has 1 saturated carbocycles. The fraction of sp³-hybridized carbons (Fsp3) is 0.429. The lowest BCUT2D eigenvalue weighted by Gasteiger charge is -2.23. The molecule has 0 unspecified atom stereocenters. The largest absolute Gasteiger partial charge is 0.396 e. The highest BCUT2D eigenvalue weighted by Gasteiger charge is 2.25. The maximum atomic E-state index is 8.00. The number of hydrogen-bond acceptors (Lipinski definition) is 4. The van der Waals surface area contributed by atoms with Crippen LogP contribution in [0.15, 0.2) is 58.0 Å². The fourth-order valence-corrected chi connectivity index (χ4v) is 3.37.